The highest BCUT2D eigenvalue weighted by Crippen LogP contribution is 2.24. The largest absolute Gasteiger partial charge is 0.463 e. The lowest BCUT2D eigenvalue weighted by atomic mass is 10.2. The van der Waals surface area contributed by atoms with Crippen LogP contribution in [-0.4, -0.2) is 11.5 Å². The number of anilines is 1. The number of benzene rings is 1. The van der Waals surface area contributed by atoms with Gasteiger partial charge in [-0.25, -0.2) is 4.98 Å². The molecule has 5 heteroatoms. The predicted octanol–water partition coefficient (Wildman–Crippen LogP) is 1.55. The Morgan fingerprint density at radius 2 is 2.43 bits per heavy atom. The third-order valence-electron chi connectivity index (χ3n) is 1.79. The molecule has 0 saturated carbocycles. The van der Waals surface area contributed by atoms with Crippen molar-refractivity contribution in [3.05, 3.63) is 23.8 Å². The number of carbonyl (C=O) groups excluding carboxylic acids is 1. The number of ether oxygens (including phenoxy) is 1. The molecule has 0 atom stereocenters. The van der Waals surface area contributed by atoms with Crippen molar-refractivity contribution in [3.63, 3.8) is 0 Å². The van der Waals surface area contributed by atoms with Crippen LogP contribution in [0.4, 0.5) is 5.13 Å². The molecule has 0 unspecified atom stereocenters. The summed E-state index contributed by atoms with van der Waals surface area (Å²) in [5, 5.41) is 0.549. The van der Waals surface area contributed by atoms with Gasteiger partial charge in [-0.1, -0.05) is 17.4 Å². The molecule has 0 saturated heterocycles. The maximum Gasteiger partial charge on any atom is 0.293 e. The van der Waals surface area contributed by atoms with Crippen LogP contribution in [0.3, 0.4) is 0 Å². The number of nitrogens with zero attached hydrogens (tertiary/aromatic N) is 1. The number of nitrogen functional groups attached to an aromatic ring is 1. The fourth-order valence-corrected chi connectivity index (χ4v) is 2.00. The molecule has 4 nitrogen and oxygen atoms in total. The summed E-state index contributed by atoms with van der Waals surface area (Å²) in [6.45, 7) is 0.725. The lowest BCUT2D eigenvalue weighted by Gasteiger charge is -1.97. The van der Waals surface area contributed by atoms with Crippen LogP contribution in [0.1, 0.15) is 5.56 Å². The third-order valence-corrected chi connectivity index (χ3v) is 2.63. The van der Waals surface area contributed by atoms with Crippen molar-refractivity contribution in [3.8, 4) is 0 Å². The SMILES string of the molecule is Nc1nc2ccc(COC=O)cc2s1. The van der Waals surface area contributed by atoms with Crippen LogP contribution in [0.25, 0.3) is 10.2 Å². The number of carbonyl (C=O) groups is 1. The highest BCUT2D eigenvalue weighted by molar-refractivity contribution is 7.22. The molecule has 0 aliphatic heterocycles. The summed E-state index contributed by atoms with van der Waals surface area (Å²) in [6.07, 6.45) is 0. The number of nitrogens with two attached hydrogens (primary N) is 1. The molecule has 0 spiro atoms. The maximum absolute atomic E-state index is 9.99. The second-order valence-corrected chi connectivity index (χ2v) is 3.82. The molecule has 0 radical (unpaired) electrons. The van der Waals surface area contributed by atoms with Gasteiger partial charge in [0.05, 0.1) is 10.2 Å². The Labute approximate surface area is 84.3 Å². The molecule has 1 heterocycles. The van der Waals surface area contributed by atoms with Crippen LogP contribution >= 0.6 is 11.3 Å². The van der Waals surface area contributed by atoms with Crippen LogP contribution in [0.15, 0.2) is 18.2 Å². The minimum absolute atomic E-state index is 0.289. The van der Waals surface area contributed by atoms with Gasteiger partial charge >= 0.3 is 0 Å². The van der Waals surface area contributed by atoms with E-state index in [9.17, 15) is 4.79 Å². The van der Waals surface area contributed by atoms with Crippen molar-refractivity contribution in [1.29, 1.82) is 0 Å². The Morgan fingerprint density at radius 3 is 3.21 bits per heavy atom. The van der Waals surface area contributed by atoms with E-state index in [1.807, 2.05) is 18.2 Å². The van der Waals surface area contributed by atoms with E-state index in [0.29, 0.717) is 11.6 Å². The van der Waals surface area contributed by atoms with Crippen LogP contribution in [0, 0.1) is 0 Å². The summed E-state index contributed by atoms with van der Waals surface area (Å²) in [5.41, 5.74) is 7.38. The highest BCUT2D eigenvalue weighted by atomic mass is 32.1. The van der Waals surface area contributed by atoms with Crippen molar-refractivity contribution in [2.45, 2.75) is 6.61 Å². The zero-order valence-electron chi connectivity index (χ0n) is 7.27. The van der Waals surface area contributed by atoms with E-state index in [4.69, 9.17) is 5.73 Å². The van der Waals surface area contributed by atoms with E-state index in [-0.39, 0.29) is 6.61 Å². The Bertz CT molecular complexity index is 467. The van der Waals surface area contributed by atoms with Gasteiger partial charge in [-0.05, 0) is 17.7 Å². The molecule has 0 amide bonds. The quantitative estimate of drug-likeness (QED) is 0.777. The fourth-order valence-electron chi connectivity index (χ4n) is 1.21. The van der Waals surface area contributed by atoms with Gasteiger partial charge in [0.1, 0.15) is 6.61 Å². The third kappa shape index (κ3) is 1.67. The molecule has 0 aliphatic carbocycles. The van der Waals surface area contributed by atoms with Gasteiger partial charge in [0, 0.05) is 0 Å². The number of hydrogen-bond donors (Lipinski definition) is 1. The van der Waals surface area contributed by atoms with E-state index >= 15 is 0 Å². The van der Waals surface area contributed by atoms with Crippen molar-refractivity contribution in [2.24, 2.45) is 0 Å². The molecule has 1 aromatic carbocycles. The van der Waals surface area contributed by atoms with Crippen LogP contribution in [-0.2, 0) is 16.1 Å². The molecular formula is C9H8N2O2S. The minimum atomic E-state index is 0.289. The van der Waals surface area contributed by atoms with Crippen LogP contribution in [0.5, 0.6) is 0 Å². The van der Waals surface area contributed by atoms with Crippen LogP contribution in [0.2, 0.25) is 0 Å². The van der Waals surface area contributed by atoms with Gasteiger partial charge in [0.2, 0.25) is 0 Å². The van der Waals surface area contributed by atoms with E-state index in [1.54, 1.807) is 0 Å². The summed E-state index contributed by atoms with van der Waals surface area (Å²) >= 11 is 1.42. The van der Waals surface area contributed by atoms with Gasteiger partial charge in [0.25, 0.3) is 6.47 Å². The standard InChI is InChI=1S/C9H8N2O2S/c10-9-11-7-2-1-6(4-13-5-12)3-8(7)14-9/h1-3,5H,4H2,(H2,10,11). The second kappa shape index (κ2) is 3.63. The first-order valence-electron chi connectivity index (χ1n) is 4.00. The topological polar surface area (TPSA) is 65.2 Å². The van der Waals surface area contributed by atoms with Gasteiger partial charge < -0.3 is 10.5 Å². The first-order valence-corrected chi connectivity index (χ1v) is 4.81. The number of thiazole rings is 1. The molecule has 2 N–H and O–H groups in total. The van der Waals surface area contributed by atoms with E-state index in [2.05, 4.69) is 9.72 Å². The number of rotatable bonds is 3. The molecule has 72 valence electrons. The Hall–Kier alpha value is -1.62. The lowest BCUT2D eigenvalue weighted by molar-refractivity contribution is -0.129. The summed E-state index contributed by atoms with van der Waals surface area (Å²) < 4.78 is 5.66. The molecule has 2 aromatic rings. The van der Waals surface area contributed by atoms with E-state index < -0.39 is 0 Å². The minimum Gasteiger partial charge on any atom is -0.463 e. The molecule has 0 bridgehead atoms. The van der Waals surface area contributed by atoms with Gasteiger partial charge in [-0.15, -0.1) is 0 Å². The highest BCUT2D eigenvalue weighted by Gasteiger charge is 2.01. The van der Waals surface area contributed by atoms with Gasteiger partial charge in [-0.3, -0.25) is 4.79 Å². The average molecular weight is 208 g/mol. The molecule has 1 aromatic heterocycles. The molecule has 2 rings (SSSR count). The van der Waals surface area contributed by atoms with Gasteiger partial charge in [-0.2, -0.15) is 0 Å². The summed E-state index contributed by atoms with van der Waals surface area (Å²) in [4.78, 5) is 14.1. The monoisotopic (exact) mass is 208 g/mol. The van der Waals surface area contributed by atoms with E-state index in [1.165, 1.54) is 11.3 Å². The maximum atomic E-state index is 9.99. The summed E-state index contributed by atoms with van der Waals surface area (Å²) in [7, 11) is 0. The average Bonchev–Trinajstić information content (AvgIpc) is 2.54. The smallest absolute Gasteiger partial charge is 0.293 e. The summed E-state index contributed by atoms with van der Waals surface area (Å²) in [6, 6.07) is 5.66. The normalized spacial score (nSPS) is 10.3. The Morgan fingerprint density at radius 1 is 1.57 bits per heavy atom. The van der Waals surface area contributed by atoms with Crippen LogP contribution < -0.4 is 5.73 Å². The van der Waals surface area contributed by atoms with Crippen molar-refractivity contribution >= 4 is 33.2 Å². The molecule has 0 fully saturated rings. The predicted molar refractivity (Wildman–Crippen MR) is 54.9 cm³/mol. The van der Waals surface area contributed by atoms with E-state index in [0.717, 1.165) is 15.8 Å². The van der Waals surface area contributed by atoms with Crippen molar-refractivity contribution in [2.75, 3.05) is 5.73 Å². The van der Waals surface area contributed by atoms with Crippen molar-refractivity contribution < 1.29 is 9.53 Å². The Kier molecular flexibility index (Phi) is 2.32. The Balaban J connectivity index is 2.35. The number of hydrogen-bond acceptors (Lipinski definition) is 5. The fraction of sp³-hybridized carbons (Fsp3) is 0.111. The van der Waals surface area contributed by atoms with Gasteiger partial charge in [0.15, 0.2) is 5.13 Å². The summed E-state index contributed by atoms with van der Waals surface area (Å²) in [5.74, 6) is 0. The van der Waals surface area contributed by atoms with Crippen molar-refractivity contribution in [1.82, 2.24) is 4.98 Å². The molecule has 14 heavy (non-hydrogen) atoms. The zero-order chi connectivity index (χ0) is 9.97. The second-order valence-electron chi connectivity index (χ2n) is 2.76. The zero-order valence-corrected chi connectivity index (χ0v) is 8.08. The number of aromatic nitrogens is 1. The molecular weight excluding hydrogens is 200 g/mol. The molecule has 0 aliphatic rings. The first-order chi connectivity index (χ1) is 6.79. The lowest BCUT2D eigenvalue weighted by Crippen LogP contribution is -1.88. The number of fused-ring (bicyclic) bond motifs is 1. The first kappa shape index (κ1) is 8.96.